The van der Waals surface area contributed by atoms with Crippen LogP contribution in [0.5, 0.6) is 5.75 Å². The summed E-state index contributed by atoms with van der Waals surface area (Å²) < 4.78 is 3.62. The second kappa shape index (κ2) is 10.9. The zero-order valence-electron chi connectivity index (χ0n) is 21.1. The summed E-state index contributed by atoms with van der Waals surface area (Å²) in [6.07, 6.45) is 7.07. The van der Waals surface area contributed by atoms with E-state index in [0.717, 1.165) is 36.9 Å². The first kappa shape index (κ1) is 28.2. The van der Waals surface area contributed by atoms with E-state index in [2.05, 4.69) is 13.8 Å². The Morgan fingerprint density at radius 2 is 1.44 bits per heavy atom. The summed E-state index contributed by atoms with van der Waals surface area (Å²) in [6, 6.07) is 3.64. The number of halogens is 1. The summed E-state index contributed by atoms with van der Waals surface area (Å²) in [5.74, 6) is 0.894. The van der Waals surface area contributed by atoms with Crippen LogP contribution in [0, 0.1) is 11.3 Å². The normalized spacial score (nSPS) is 12.2. The van der Waals surface area contributed by atoms with E-state index in [1.165, 1.54) is 0 Å². The van der Waals surface area contributed by atoms with Gasteiger partial charge in [-0.25, -0.2) is 0 Å². The number of ketones is 1. The first-order chi connectivity index (χ1) is 14.3. The van der Waals surface area contributed by atoms with Gasteiger partial charge in [-0.1, -0.05) is 68.2 Å². The van der Waals surface area contributed by atoms with Crippen molar-refractivity contribution in [2.75, 3.05) is 0 Å². The van der Waals surface area contributed by atoms with Gasteiger partial charge in [0.1, 0.15) is 5.75 Å². The molecule has 1 aromatic heterocycles. The SMILES string of the molecule is Br.CCC(CC)CCn1ccn(CC(=O)c2cc(C(C)(C)C)c(O)c(C(C)(C)C)c2)c1=N. The molecule has 0 aliphatic rings. The second-order valence-electron chi connectivity index (χ2n) is 10.8. The van der Waals surface area contributed by atoms with Crippen LogP contribution in [0.2, 0.25) is 0 Å². The number of nitrogens with one attached hydrogen (secondary N) is 1. The number of nitrogens with zero attached hydrogens (tertiary/aromatic N) is 2. The van der Waals surface area contributed by atoms with Crippen molar-refractivity contribution in [2.45, 2.75) is 98.6 Å². The van der Waals surface area contributed by atoms with Crippen LogP contribution < -0.4 is 5.62 Å². The van der Waals surface area contributed by atoms with Gasteiger partial charge in [0.15, 0.2) is 5.78 Å². The van der Waals surface area contributed by atoms with Crippen molar-refractivity contribution in [3.8, 4) is 5.75 Å². The third-order valence-corrected chi connectivity index (χ3v) is 6.27. The molecule has 0 unspecified atom stereocenters. The number of hydrogen-bond acceptors (Lipinski definition) is 3. The molecular formula is C26H42BrN3O2. The van der Waals surface area contributed by atoms with Gasteiger partial charge in [0.05, 0.1) is 6.54 Å². The van der Waals surface area contributed by atoms with E-state index in [-0.39, 0.29) is 45.9 Å². The average Bonchev–Trinajstić information content (AvgIpc) is 3.00. The highest BCUT2D eigenvalue weighted by Crippen LogP contribution is 2.39. The molecule has 0 amide bonds. The van der Waals surface area contributed by atoms with Gasteiger partial charge in [-0.15, -0.1) is 17.0 Å². The van der Waals surface area contributed by atoms with Crippen molar-refractivity contribution < 1.29 is 9.90 Å². The van der Waals surface area contributed by atoms with Gasteiger partial charge in [0, 0.05) is 35.6 Å². The molecule has 1 heterocycles. The maximum atomic E-state index is 13.2. The number of carbonyl (C=O) groups excluding carboxylic acids is 1. The van der Waals surface area contributed by atoms with Crippen LogP contribution in [0.3, 0.4) is 0 Å². The Bertz CT molecular complexity index is 935. The Hall–Kier alpha value is -1.82. The van der Waals surface area contributed by atoms with Gasteiger partial charge in [0.25, 0.3) is 0 Å². The Morgan fingerprint density at radius 1 is 0.969 bits per heavy atom. The molecular weight excluding hydrogens is 466 g/mol. The molecule has 32 heavy (non-hydrogen) atoms. The molecule has 0 fully saturated rings. The molecule has 1 aromatic carbocycles. The molecule has 0 saturated heterocycles. The van der Waals surface area contributed by atoms with Crippen LogP contribution in [-0.2, 0) is 23.9 Å². The van der Waals surface area contributed by atoms with Crippen LogP contribution in [0.25, 0.3) is 0 Å². The monoisotopic (exact) mass is 507 g/mol. The average molecular weight is 509 g/mol. The van der Waals surface area contributed by atoms with E-state index < -0.39 is 0 Å². The number of hydrogen-bond donors (Lipinski definition) is 2. The Morgan fingerprint density at radius 3 is 1.88 bits per heavy atom. The van der Waals surface area contributed by atoms with Crippen molar-refractivity contribution in [2.24, 2.45) is 5.92 Å². The molecule has 0 atom stereocenters. The first-order valence-electron chi connectivity index (χ1n) is 11.5. The van der Waals surface area contributed by atoms with Crippen molar-refractivity contribution in [3.63, 3.8) is 0 Å². The smallest absolute Gasteiger partial charge is 0.202 e. The van der Waals surface area contributed by atoms with Gasteiger partial charge in [-0.2, -0.15) is 0 Å². The van der Waals surface area contributed by atoms with Crippen molar-refractivity contribution in [1.82, 2.24) is 9.13 Å². The van der Waals surface area contributed by atoms with Crippen molar-refractivity contribution in [1.29, 1.82) is 5.41 Å². The number of imidazole rings is 1. The van der Waals surface area contributed by atoms with Crippen LogP contribution in [0.15, 0.2) is 24.5 Å². The molecule has 6 heteroatoms. The van der Waals surface area contributed by atoms with Gasteiger partial charge in [0.2, 0.25) is 5.62 Å². The summed E-state index contributed by atoms with van der Waals surface area (Å²) in [7, 11) is 0. The number of aromatic hydroxyl groups is 1. The topological polar surface area (TPSA) is 71.0 Å². The molecule has 0 saturated carbocycles. The minimum atomic E-state index is -0.285. The largest absolute Gasteiger partial charge is 0.507 e. The maximum Gasteiger partial charge on any atom is 0.202 e. The molecule has 2 N–H and O–H groups in total. The Kier molecular flexibility index (Phi) is 9.58. The van der Waals surface area contributed by atoms with Crippen molar-refractivity contribution in [3.05, 3.63) is 46.8 Å². The number of Topliss-reactive ketones (excluding diaryl/α,β-unsaturated/α-hetero) is 1. The van der Waals surface area contributed by atoms with E-state index in [4.69, 9.17) is 5.41 Å². The number of rotatable bonds is 8. The Labute approximate surface area is 204 Å². The highest BCUT2D eigenvalue weighted by molar-refractivity contribution is 8.93. The minimum Gasteiger partial charge on any atom is -0.507 e. The lowest BCUT2D eigenvalue weighted by Gasteiger charge is -2.28. The zero-order chi connectivity index (χ0) is 23.6. The van der Waals surface area contributed by atoms with Crippen LogP contribution in [0.4, 0.5) is 0 Å². The lowest BCUT2D eigenvalue weighted by molar-refractivity contribution is 0.0969. The fourth-order valence-corrected chi connectivity index (χ4v) is 3.98. The summed E-state index contributed by atoms with van der Waals surface area (Å²) >= 11 is 0. The van der Waals surface area contributed by atoms with E-state index in [1.807, 2.05) is 70.6 Å². The summed E-state index contributed by atoms with van der Waals surface area (Å²) in [5, 5.41) is 19.4. The quantitative estimate of drug-likeness (QED) is 0.408. The van der Waals surface area contributed by atoms with E-state index in [1.54, 1.807) is 4.57 Å². The fourth-order valence-electron chi connectivity index (χ4n) is 3.98. The summed E-state index contributed by atoms with van der Waals surface area (Å²) in [6.45, 7) is 17.6. The molecule has 5 nitrogen and oxygen atoms in total. The molecule has 0 spiro atoms. The van der Waals surface area contributed by atoms with Gasteiger partial charge in [-0.05, 0) is 35.3 Å². The van der Waals surface area contributed by atoms with E-state index >= 15 is 0 Å². The van der Waals surface area contributed by atoms with Crippen LogP contribution >= 0.6 is 17.0 Å². The lowest BCUT2D eigenvalue weighted by atomic mass is 9.78. The third-order valence-electron chi connectivity index (χ3n) is 6.27. The number of benzene rings is 1. The standard InChI is InChI=1S/C26H41N3O2.BrH/c1-9-18(10-2)11-12-28-13-14-29(24(28)27)17-22(30)19-15-20(25(3,4)5)23(31)21(16-19)26(6,7)8;/h13-16,18,27,31H,9-12,17H2,1-8H3;1H. The number of phenols is 1. The zero-order valence-corrected chi connectivity index (χ0v) is 22.8. The third kappa shape index (κ3) is 6.60. The predicted octanol–water partition coefficient (Wildman–Crippen LogP) is 6.36. The minimum absolute atomic E-state index is 0. The van der Waals surface area contributed by atoms with Crippen LogP contribution in [0.1, 0.15) is 96.1 Å². The summed E-state index contributed by atoms with van der Waals surface area (Å²) in [4.78, 5) is 13.2. The van der Waals surface area contributed by atoms with Gasteiger partial charge >= 0.3 is 0 Å². The van der Waals surface area contributed by atoms with E-state index in [0.29, 0.717) is 17.1 Å². The van der Waals surface area contributed by atoms with Gasteiger partial charge in [-0.3, -0.25) is 10.2 Å². The molecule has 0 aliphatic carbocycles. The second-order valence-corrected chi connectivity index (χ2v) is 10.8. The number of phenolic OH excluding ortho intramolecular Hbond substituents is 1. The molecule has 0 aliphatic heterocycles. The molecule has 0 radical (unpaired) electrons. The number of aryl methyl sites for hydroxylation is 1. The van der Waals surface area contributed by atoms with Crippen LogP contribution in [-0.4, -0.2) is 20.0 Å². The molecule has 2 rings (SSSR count). The first-order valence-corrected chi connectivity index (χ1v) is 11.5. The van der Waals surface area contributed by atoms with E-state index in [9.17, 15) is 9.90 Å². The molecule has 180 valence electrons. The Balaban J connectivity index is 0.00000512. The molecule has 0 bridgehead atoms. The van der Waals surface area contributed by atoms with Gasteiger partial charge < -0.3 is 14.2 Å². The lowest BCUT2D eigenvalue weighted by Crippen LogP contribution is -2.28. The number of carbonyl (C=O) groups is 1. The fraction of sp³-hybridized carbons (Fsp3) is 0.615. The maximum absolute atomic E-state index is 13.2. The number of aromatic nitrogens is 2. The molecule has 2 aromatic rings. The highest BCUT2D eigenvalue weighted by atomic mass is 79.9. The summed E-state index contributed by atoms with van der Waals surface area (Å²) in [5.41, 5.74) is 1.93. The van der Waals surface area contributed by atoms with Crippen molar-refractivity contribution >= 4 is 22.8 Å². The predicted molar refractivity (Wildman–Crippen MR) is 137 cm³/mol. The highest BCUT2D eigenvalue weighted by Gasteiger charge is 2.27.